The van der Waals surface area contributed by atoms with E-state index in [0.29, 0.717) is 17.2 Å². The van der Waals surface area contributed by atoms with Crippen LogP contribution in [0, 0.1) is 5.82 Å². The highest BCUT2D eigenvalue weighted by Crippen LogP contribution is 2.27. The van der Waals surface area contributed by atoms with Crippen LogP contribution >= 0.6 is 0 Å². The van der Waals surface area contributed by atoms with Gasteiger partial charge in [-0.1, -0.05) is 12.1 Å². The van der Waals surface area contributed by atoms with Crippen LogP contribution in [0.3, 0.4) is 0 Å². The largest absolute Gasteiger partial charge is 0.493 e. The lowest BCUT2D eigenvalue weighted by Gasteiger charge is -2.09. The van der Waals surface area contributed by atoms with Crippen molar-refractivity contribution in [2.24, 2.45) is 5.10 Å². The molecule has 0 radical (unpaired) electrons. The van der Waals surface area contributed by atoms with Crippen molar-refractivity contribution < 1.29 is 23.5 Å². The maximum Gasteiger partial charge on any atom is 0.259 e. The van der Waals surface area contributed by atoms with Gasteiger partial charge < -0.3 is 14.8 Å². The summed E-state index contributed by atoms with van der Waals surface area (Å²) >= 11 is 0. The first kappa shape index (κ1) is 19.9. The van der Waals surface area contributed by atoms with Gasteiger partial charge in [0, 0.05) is 5.56 Å². The van der Waals surface area contributed by atoms with Gasteiger partial charge in [0.05, 0.1) is 32.0 Å². The zero-order chi connectivity index (χ0) is 19.8. The molecule has 0 saturated heterocycles. The first-order valence-corrected chi connectivity index (χ1v) is 8.04. The Morgan fingerprint density at radius 2 is 1.78 bits per heavy atom. The molecule has 142 valence electrons. The molecule has 0 aliphatic carbocycles. The maximum absolute atomic E-state index is 13.5. The van der Waals surface area contributed by atoms with Crippen LogP contribution in [0.1, 0.15) is 22.8 Å². The molecule has 7 nitrogen and oxygen atoms in total. The van der Waals surface area contributed by atoms with Crippen molar-refractivity contribution in [1.82, 2.24) is 10.7 Å². The van der Waals surface area contributed by atoms with Gasteiger partial charge in [-0.2, -0.15) is 5.10 Å². The second-order valence-corrected chi connectivity index (χ2v) is 5.46. The van der Waals surface area contributed by atoms with Crippen LogP contribution in [-0.2, 0) is 4.79 Å². The number of nitrogens with zero attached hydrogens (tertiary/aromatic N) is 1. The number of nitrogens with one attached hydrogen (secondary N) is 2. The number of ether oxygens (including phenoxy) is 2. The molecular formula is C19H20FN3O4. The number of amides is 2. The summed E-state index contributed by atoms with van der Waals surface area (Å²) in [5.41, 5.74) is 3.47. The number of halogens is 1. The minimum atomic E-state index is -0.677. The van der Waals surface area contributed by atoms with Gasteiger partial charge in [-0.25, -0.2) is 9.82 Å². The zero-order valence-electron chi connectivity index (χ0n) is 15.2. The number of hydrogen-bond acceptors (Lipinski definition) is 5. The summed E-state index contributed by atoms with van der Waals surface area (Å²) in [6.07, 6.45) is 0. The summed E-state index contributed by atoms with van der Waals surface area (Å²) in [5, 5.41) is 6.33. The van der Waals surface area contributed by atoms with Gasteiger partial charge in [-0.05, 0) is 37.3 Å². The number of carbonyl (C=O) groups is 2. The second-order valence-electron chi connectivity index (χ2n) is 5.46. The molecule has 27 heavy (non-hydrogen) atoms. The number of methoxy groups -OCH3 is 2. The number of rotatable bonds is 7. The van der Waals surface area contributed by atoms with Gasteiger partial charge >= 0.3 is 0 Å². The minimum Gasteiger partial charge on any atom is -0.493 e. The molecule has 2 aromatic rings. The van der Waals surface area contributed by atoms with Gasteiger partial charge in [0.25, 0.3) is 11.8 Å². The first-order valence-electron chi connectivity index (χ1n) is 8.04. The van der Waals surface area contributed by atoms with Crippen LogP contribution in [0.4, 0.5) is 4.39 Å². The van der Waals surface area contributed by atoms with E-state index in [4.69, 9.17) is 9.47 Å². The Balaban J connectivity index is 1.94. The molecule has 0 bridgehead atoms. The number of hydrogen-bond donors (Lipinski definition) is 2. The van der Waals surface area contributed by atoms with E-state index in [1.807, 2.05) is 0 Å². The van der Waals surface area contributed by atoms with Crippen LogP contribution in [0.15, 0.2) is 47.6 Å². The van der Waals surface area contributed by atoms with Crippen LogP contribution in [0.25, 0.3) is 0 Å². The summed E-state index contributed by atoms with van der Waals surface area (Å²) in [7, 11) is 3.06. The third kappa shape index (κ3) is 5.27. The van der Waals surface area contributed by atoms with Crippen molar-refractivity contribution in [3.63, 3.8) is 0 Å². The zero-order valence-corrected chi connectivity index (χ0v) is 15.2. The molecule has 0 aromatic heterocycles. The average molecular weight is 373 g/mol. The predicted molar refractivity (Wildman–Crippen MR) is 98.6 cm³/mol. The van der Waals surface area contributed by atoms with Crippen molar-refractivity contribution >= 4 is 17.5 Å². The van der Waals surface area contributed by atoms with E-state index < -0.39 is 17.6 Å². The van der Waals surface area contributed by atoms with E-state index in [0.717, 1.165) is 5.56 Å². The Kier molecular flexibility index (Phi) is 6.87. The maximum atomic E-state index is 13.5. The van der Waals surface area contributed by atoms with E-state index in [2.05, 4.69) is 15.8 Å². The third-order valence-corrected chi connectivity index (χ3v) is 3.68. The lowest BCUT2D eigenvalue weighted by Crippen LogP contribution is -2.35. The fourth-order valence-electron chi connectivity index (χ4n) is 2.21. The van der Waals surface area contributed by atoms with Crippen molar-refractivity contribution in [1.29, 1.82) is 0 Å². The summed E-state index contributed by atoms with van der Waals surface area (Å²) in [4.78, 5) is 23.7. The fraction of sp³-hybridized carbons (Fsp3) is 0.211. The molecule has 0 aliphatic heterocycles. The predicted octanol–water partition coefficient (Wildman–Crippen LogP) is 2.11. The highest BCUT2D eigenvalue weighted by Gasteiger charge is 2.12. The molecule has 0 unspecified atom stereocenters. The van der Waals surface area contributed by atoms with E-state index in [-0.39, 0.29) is 12.1 Å². The van der Waals surface area contributed by atoms with Gasteiger partial charge in [-0.15, -0.1) is 0 Å². The highest BCUT2D eigenvalue weighted by atomic mass is 19.1. The van der Waals surface area contributed by atoms with Crippen LogP contribution < -0.4 is 20.2 Å². The SMILES string of the molecule is COc1ccc(/C(C)=N/NC(=O)CNC(=O)c2ccccc2F)cc1OC. The first-order chi connectivity index (χ1) is 13.0. The molecule has 0 aliphatic rings. The summed E-state index contributed by atoms with van der Waals surface area (Å²) in [6, 6.07) is 10.7. The Morgan fingerprint density at radius 1 is 1.07 bits per heavy atom. The highest BCUT2D eigenvalue weighted by molar-refractivity contribution is 6.00. The monoisotopic (exact) mass is 373 g/mol. The standard InChI is InChI=1S/C19H20FN3O4/c1-12(13-8-9-16(26-2)17(10-13)27-3)22-23-18(24)11-21-19(25)14-6-4-5-7-15(14)20/h4-10H,11H2,1-3H3,(H,21,25)(H,23,24)/b22-12+. The summed E-state index contributed by atoms with van der Waals surface area (Å²) < 4.78 is 23.9. The lowest BCUT2D eigenvalue weighted by atomic mass is 10.1. The molecule has 2 rings (SSSR count). The van der Waals surface area contributed by atoms with Crippen molar-refractivity contribution in [2.75, 3.05) is 20.8 Å². The number of carbonyl (C=O) groups excluding carboxylic acids is 2. The fourth-order valence-corrected chi connectivity index (χ4v) is 2.21. The smallest absolute Gasteiger partial charge is 0.259 e. The molecule has 0 heterocycles. The van der Waals surface area contributed by atoms with Crippen LogP contribution in [0.5, 0.6) is 11.5 Å². The topological polar surface area (TPSA) is 89.0 Å². The van der Waals surface area contributed by atoms with Gasteiger partial charge in [0.15, 0.2) is 11.5 Å². The molecule has 2 N–H and O–H groups in total. The molecule has 8 heteroatoms. The van der Waals surface area contributed by atoms with E-state index in [1.54, 1.807) is 25.1 Å². The Labute approximate surface area is 156 Å². The quantitative estimate of drug-likeness (QED) is 0.575. The Bertz CT molecular complexity index is 868. The molecule has 2 amide bonds. The molecule has 2 aromatic carbocycles. The number of hydrazone groups is 1. The van der Waals surface area contributed by atoms with Crippen LogP contribution in [0.2, 0.25) is 0 Å². The number of benzene rings is 2. The van der Waals surface area contributed by atoms with Crippen molar-refractivity contribution in [3.8, 4) is 11.5 Å². The van der Waals surface area contributed by atoms with Crippen molar-refractivity contribution in [2.45, 2.75) is 6.92 Å². The van der Waals surface area contributed by atoms with E-state index in [9.17, 15) is 14.0 Å². The van der Waals surface area contributed by atoms with E-state index in [1.165, 1.54) is 38.5 Å². The van der Waals surface area contributed by atoms with Crippen LogP contribution in [-0.4, -0.2) is 38.3 Å². The molecule has 0 saturated carbocycles. The molecule has 0 atom stereocenters. The minimum absolute atomic E-state index is 0.129. The Morgan fingerprint density at radius 3 is 2.44 bits per heavy atom. The molecular weight excluding hydrogens is 353 g/mol. The lowest BCUT2D eigenvalue weighted by molar-refractivity contribution is -0.120. The Hall–Kier alpha value is -3.42. The molecule has 0 spiro atoms. The van der Waals surface area contributed by atoms with Gasteiger partial charge in [-0.3, -0.25) is 9.59 Å². The molecule has 0 fully saturated rings. The van der Waals surface area contributed by atoms with Crippen molar-refractivity contribution in [3.05, 3.63) is 59.4 Å². The summed E-state index contributed by atoms with van der Waals surface area (Å²) in [6.45, 7) is 1.37. The second kappa shape index (κ2) is 9.33. The average Bonchev–Trinajstić information content (AvgIpc) is 2.69. The normalized spacial score (nSPS) is 10.9. The van der Waals surface area contributed by atoms with Gasteiger partial charge in [0.2, 0.25) is 0 Å². The summed E-state index contributed by atoms with van der Waals surface area (Å²) in [5.74, 6) is -0.761. The van der Waals surface area contributed by atoms with Gasteiger partial charge in [0.1, 0.15) is 5.82 Å². The van der Waals surface area contributed by atoms with E-state index >= 15 is 0 Å². The third-order valence-electron chi connectivity index (χ3n) is 3.68.